The number of likely N-dealkylation sites (tertiary alicyclic amines) is 1. The molecule has 1 saturated heterocycles. The molecule has 0 radical (unpaired) electrons. The summed E-state index contributed by atoms with van der Waals surface area (Å²) >= 11 is 5.86. The predicted octanol–water partition coefficient (Wildman–Crippen LogP) is 2.55. The van der Waals surface area contributed by atoms with Gasteiger partial charge in [-0.15, -0.1) is 0 Å². The Labute approximate surface area is 138 Å². The number of carbonyl (C=O) groups is 1. The van der Waals surface area contributed by atoms with Crippen LogP contribution in [0, 0.1) is 0 Å². The van der Waals surface area contributed by atoms with Crippen molar-refractivity contribution in [2.45, 2.75) is 51.2 Å². The van der Waals surface area contributed by atoms with Gasteiger partial charge in [0.1, 0.15) is 0 Å². The minimum absolute atomic E-state index is 0.0977. The van der Waals surface area contributed by atoms with Crippen molar-refractivity contribution in [3.8, 4) is 0 Å². The highest BCUT2D eigenvalue weighted by molar-refractivity contribution is 6.30. The lowest BCUT2D eigenvalue weighted by molar-refractivity contribution is -0.136. The van der Waals surface area contributed by atoms with Crippen molar-refractivity contribution in [1.82, 2.24) is 10.2 Å². The van der Waals surface area contributed by atoms with Crippen LogP contribution in [0.15, 0.2) is 24.3 Å². The minimum atomic E-state index is -0.404. The van der Waals surface area contributed by atoms with Crippen molar-refractivity contribution in [3.05, 3.63) is 34.9 Å². The van der Waals surface area contributed by atoms with Crippen molar-refractivity contribution in [3.63, 3.8) is 0 Å². The van der Waals surface area contributed by atoms with Gasteiger partial charge < -0.3 is 16.0 Å². The maximum atomic E-state index is 12.4. The normalized spacial score (nSPS) is 20.0. The highest BCUT2D eigenvalue weighted by Gasteiger charge is 2.26. The Morgan fingerprint density at radius 2 is 2.14 bits per heavy atom. The largest absolute Gasteiger partial charge is 0.339 e. The van der Waals surface area contributed by atoms with Crippen molar-refractivity contribution < 1.29 is 4.79 Å². The van der Waals surface area contributed by atoms with Crippen molar-refractivity contribution in [2.24, 2.45) is 5.73 Å². The highest BCUT2D eigenvalue weighted by Crippen LogP contribution is 2.17. The van der Waals surface area contributed by atoms with E-state index in [1.165, 1.54) is 12.0 Å². The molecule has 1 aromatic carbocycles. The van der Waals surface area contributed by atoms with E-state index in [0.717, 1.165) is 37.5 Å². The van der Waals surface area contributed by atoms with Crippen molar-refractivity contribution >= 4 is 17.5 Å². The SMILES string of the molecule is CC1CCCCN1C(=O)[C@@H](N)CCNCc1ccc(Cl)cc1. The van der Waals surface area contributed by atoms with Crippen LogP contribution in [-0.4, -0.2) is 36.0 Å². The molecular weight excluding hydrogens is 298 g/mol. The van der Waals surface area contributed by atoms with Crippen LogP contribution in [0.1, 0.15) is 38.2 Å². The minimum Gasteiger partial charge on any atom is -0.339 e. The first-order valence-corrected chi connectivity index (χ1v) is 8.47. The molecule has 0 saturated carbocycles. The summed E-state index contributed by atoms with van der Waals surface area (Å²) in [6.07, 6.45) is 4.06. The molecule has 1 fully saturated rings. The Morgan fingerprint density at radius 3 is 2.82 bits per heavy atom. The fraction of sp³-hybridized carbons (Fsp3) is 0.588. The summed E-state index contributed by atoms with van der Waals surface area (Å²) in [5.74, 6) is 0.0977. The number of piperidine rings is 1. The Balaban J connectivity index is 1.69. The third kappa shape index (κ3) is 4.97. The van der Waals surface area contributed by atoms with Gasteiger partial charge in [-0.3, -0.25) is 4.79 Å². The van der Waals surface area contributed by atoms with E-state index in [1.54, 1.807) is 0 Å². The van der Waals surface area contributed by atoms with Crippen LogP contribution in [0.2, 0.25) is 5.02 Å². The van der Waals surface area contributed by atoms with E-state index in [9.17, 15) is 4.79 Å². The van der Waals surface area contributed by atoms with Crippen LogP contribution >= 0.6 is 11.6 Å². The van der Waals surface area contributed by atoms with E-state index in [2.05, 4.69) is 12.2 Å². The first-order valence-electron chi connectivity index (χ1n) is 8.09. The maximum absolute atomic E-state index is 12.4. The molecule has 0 spiro atoms. The van der Waals surface area contributed by atoms with Gasteiger partial charge in [0.2, 0.25) is 5.91 Å². The van der Waals surface area contributed by atoms with E-state index in [-0.39, 0.29) is 5.91 Å². The average molecular weight is 324 g/mol. The number of nitrogens with one attached hydrogen (secondary N) is 1. The quantitative estimate of drug-likeness (QED) is 0.791. The number of hydrogen-bond acceptors (Lipinski definition) is 3. The molecule has 122 valence electrons. The molecule has 22 heavy (non-hydrogen) atoms. The lowest BCUT2D eigenvalue weighted by Gasteiger charge is -2.35. The summed E-state index contributed by atoms with van der Waals surface area (Å²) in [4.78, 5) is 14.3. The van der Waals surface area contributed by atoms with Gasteiger partial charge in [0.15, 0.2) is 0 Å². The van der Waals surface area contributed by atoms with Crippen LogP contribution in [0.4, 0.5) is 0 Å². The van der Waals surface area contributed by atoms with Crippen LogP contribution in [0.25, 0.3) is 0 Å². The molecule has 2 rings (SSSR count). The van der Waals surface area contributed by atoms with Gasteiger partial charge in [0.05, 0.1) is 6.04 Å². The Morgan fingerprint density at radius 1 is 1.41 bits per heavy atom. The zero-order valence-electron chi connectivity index (χ0n) is 13.2. The standard InChI is InChI=1S/C17H26ClN3O/c1-13-4-2-3-11-21(13)17(22)16(19)9-10-20-12-14-5-7-15(18)8-6-14/h5-8,13,16,20H,2-4,9-12,19H2,1H3/t13?,16-/m0/s1. The predicted molar refractivity (Wildman–Crippen MR) is 90.8 cm³/mol. The summed E-state index contributed by atoms with van der Waals surface area (Å²) < 4.78 is 0. The number of carbonyl (C=O) groups excluding carboxylic acids is 1. The van der Waals surface area contributed by atoms with E-state index in [0.29, 0.717) is 12.5 Å². The smallest absolute Gasteiger partial charge is 0.239 e. The second kappa shape index (κ2) is 8.51. The number of benzene rings is 1. The summed E-state index contributed by atoms with van der Waals surface area (Å²) in [7, 11) is 0. The third-order valence-corrected chi connectivity index (χ3v) is 4.53. The molecule has 1 aliphatic rings. The summed E-state index contributed by atoms with van der Waals surface area (Å²) in [6.45, 7) is 4.46. The monoisotopic (exact) mass is 323 g/mol. The lowest BCUT2D eigenvalue weighted by Crippen LogP contribution is -2.50. The van der Waals surface area contributed by atoms with Gasteiger partial charge in [0, 0.05) is 24.2 Å². The number of halogens is 1. The summed E-state index contributed by atoms with van der Waals surface area (Å²) in [5.41, 5.74) is 7.24. The van der Waals surface area contributed by atoms with Crippen molar-refractivity contribution in [1.29, 1.82) is 0 Å². The number of hydrogen-bond donors (Lipinski definition) is 2. The molecule has 1 unspecified atom stereocenters. The van der Waals surface area contributed by atoms with Crippen LogP contribution < -0.4 is 11.1 Å². The maximum Gasteiger partial charge on any atom is 0.239 e. The molecule has 1 heterocycles. The molecule has 3 N–H and O–H groups in total. The van der Waals surface area contributed by atoms with Crippen LogP contribution in [-0.2, 0) is 11.3 Å². The number of rotatable bonds is 6. The molecule has 4 nitrogen and oxygen atoms in total. The Kier molecular flexibility index (Phi) is 6.68. The van der Waals surface area contributed by atoms with Crippen molar-refractivity contribution in [2.75, 3.05) is 13.1 Å². The summed E-state index contributed by atoms with van der Waals surface area (Å²) in [6, 6.07) is 7.68. The zero-order valence-corrected chi connectivity index (χ0v) is 14.0. The number of nitrogens with zero attached hydrogens (tertiary/aromatic N) is 1. The van der Waals surface area contributed by atoms with Crippen LogP contribution in [0.5, 0.6) is 0 Å². The van der Waals surface area contributed by atoms with E-state index < -0.39 is 6.04 Å². The van der Waals surface area contributed by atoms with E-state index in [1.807, 2.05) is 29.2 Å². The van der Waals surface area contributed by atoms with Gasteiger partial charge in [-0.2, -0.15) is 0 Å². The molecular formula is C17H26ClN3O. The van der Waals surface area contributed by atoms with Gasteiger partial charge in [-0.1, -0.05) is 23.7 Å². The molecule has 1 amide bonds. The fourth-order valence-corrected chi connectivity index (χ4v) is 2.98. The molecule has 0 aromatic heterocycles. The topological polar surface area (TPSA) is 58.4 Å². The molecule has 1 aromatic rings. The lowest BCUT2D eigenvalue weighted by atomic mass is 10.0. The first kappa shape index (κ1) is 17.3. The van der Waals surface area contributed by atoms with Gasteiger partial charge >= 0.3 is 0 Å². The number of amides is 1. The Bertz CT molecular complexity index is 477. The molecule has 1 aliphatic heterocycles. The number of nitrogens with two attached hydrogens (primary N) is 1. The van der Waals surface area contributed by atoms with Gasteiger partial charge in [0.25, 0.3) is 0 Å². The first-order chi connectivity index (χ1) is 10.6. The van der Waals surface area contributed by atoms with Gasteiger partial charge in [-0.05, 0) is 56.8 Å². The molecule has 0 bridgehead atoms. The fourth-order valence-electron chi connectivity index (χ4n) is 2.85. The van der Waals surface area contributed by atoms with E-state index in [4.69, 9.17) is 17.3 Å². The highest BCUT2D eigenvalue weighted by atomic mass is 35.5. The molecule has 2 atom stereocenters. The zero-order chi connectivity index (χ0) is 15.9. The van der Waals surface area contributed by atoms with Gasteiger partial charge in [-0.25, -0.2) is 0 Å². The second-order valence-corrected chi connectivity index (χ2v) is 6.51. The summed E-state index contributed by atoms with van der Waals surface area (Å²) in [5, 5.41) is 4.07. The second-order valence-electron chi connectivity index (χ2n) is 6.07. The molecule has 0 aliphatic carbocycles. The van der Waals surface area contributed by atoms with Crippen LogP contribution in [0.3, 0.4) is 0 Å². The third-order valence-electron chi connectivity index (χ3n) is 4.28. The molecule has 5 heteroatoms. The average Bonchev–Trinajstić information content (AvgIpc) is 2.53. The van der Waals surface area contributed by atoms with E-state index >= 15 is 0 Å². The Hall–Kier alpha value is -1.10.